The van der Waals surface area contributed by atoms with Crippen LogP contribution in [-0.2, 0) is 19.1 Å². The molecule has 0 aromatic heterocycles. The van der Waals surface area contributed by atoms with Crippen molar-refractivity contribution in [1.82, 2.24) is 4.90 Å². The molecule has 0 radical (unpaired) electrons. The summed E-state index contributed by atoms with van der Waals surface area (Å²) in [6.45, 7) is 14.1. The maximum absolute atomic E-state index is 12.0. The Morgan fingerprint density at radius 1 is 0.783 bits per heavy atom. The van der Waals surface area contributed by atoms with Gasteiger partial charge >= 0.3 is 11.9 Å². The number of hydrogen-bond acceptors (Lipinski definition) is 5. The standard InChI is InChI=1S/C18H35NO4/c1-8-9-10-11-12-19(13-15(20)22-17(2,3)4)14-16(21)23-18(5,6)7/h8-14H2,1-7H3. The van der Waals surface area contributed by atoms with Crippen LogP contribution in [0.25, 0.3) is 0 Å². The number of ether oxygens (including phenoxy) is 2. The van der Waals surface area contributed by atoms with E-state index in [4.69, 9.17) is 9.47 Å². The molecule has 0 bridgehead atoms. The number of hydrogen-bond donors (Lipinski definition) is 0. The first kappa shape index (κ1) is 21.9. The average molecular weight is 329 g/mol. The summed E-state index contributed by atoms with van der Waals surface area (Å²) in [6.07, 6.45) is 4.36. The number of carbonyl (C=O) groups excluding carboxylic acids is 2. The van der Waals surface area contributed by atoms with E-state index < -0.39 is 11.2 Å². The second-order valence-electron chi connectivity index (χ2n) is 7.94. The molecular formula is C18H35NO4. The third-order valence-corrected chi connectivity index (χ3v) is 2.87. The Labute approximate surface area is 141 Å². The molecule has 0 rings (SSSR count). The number of carbonyl (C=O) groups is 2. The predicted molar refractivity (Wildman–Crippen MR) is 92.3 cm³/mol. The van der Waals surface area contributed by atoms with Crippen LogP contribution in [0.1, 0.15) is 74.1 Å². The van der Waals surface area contributed by atoms with Gasteiger partial charge in [0.25, 0.3) is 0 Å². The van der Waals surface area contributed by atoms with Crippen molar-refractivity contribution in [2.75, 3.05) is 19.6 Å². The predicted octanol–water partition coefficient (Wildman–Crippen LogP) is 3.55. The summed E-state index contributed by atoms with van der Waals surface area (Å²) in [6, 6.07) is 0. The molecule has 23 heavy (non-hydrogen) atoms. The molecule has 0 aromatic carbocycles. The maximum atomic E-state index is 12.0. The molecule has 5 nitrogen and oxygen atoms in total. The van der Waals surface area contributed by atoms with Gasteiger partial charge in [-0.1, -0.05) is 26.2 Å². The van der Waals surface area contributed by atoms with Crippen LogP contribution in [0.4, 0.5) is 0 Å². The lowest BCUT2D eigenvalue weighted by Crippen LogP contribution is -2.40. The van der Waals surface area contributed by atoms with E-state index in [2.05, 4.69) is 6.92 Å². The van der Waals surface area contributed by atoms with Crippen LogP contribution in [-0.4, -0.2) is 47.7 Å². The summed E-state index contributed by atoms with van der Waals surface area (Å²) in [5.41, 5.74) is -1.03. The van der Waals surface area contributed by atoms with E-state index in [1.54, 1.807) is 0 Å². The van der Waals surface area contributed by atoms with E-state index in [9.17, 15) is 9.59 Å². The zero-order valence-electron chi connectivity index (χ0n) is 16.0. The lowest BCUT2D eigenvalue weighted by atomic mass is 10.2. The number of esters is 2. The second-order valence-corrected chi connectivity index (χ2v) is 7.94. The van der Waals surface area contributed by atoms with Gasteiger partial charge in [0.05, 0.1) is 13.1 Å². The molecular weight excluding hydrogens is 294 g/mol. The van der Waals surface area contributed by atoms with E-state index >= 15 is 0 Å². The topological polar surface area (TPSA) is 55.8 Å². The average Bonchev–Trinajstić information content (AvgIpc) is 2.29. The number of rotatable bonds is 9. The first-order valence-corrected chi connectivity index (χ1v) is 8.59. The smallest absolute Gasteiger partial charge is 0.320 e. The summed E-state index contributed by atoms with van der Waals surface area (Å²) < 4.78 is 10.7. The van der Waals surface area contributed by atoms with Gasteiger partial charge in [0, 0.05) is 0 Å². The van der Waals surface area contributed by atoms with E-state index in [1.165, 1.54) is 0 Å². The molecule has 0 spiro atoms. The molecule has 0 saturated heterocycles. The van der Waals surface area contributed by atoms with Crippen molar-refractivity contribution < 1.29 is 19.1 Å². The van der Waals surface area contributed by atoms with Gasteiger partial charge in [-0.15, -0.1) is 0 Å². The molecule has 0 heterocycles. The van der Waals surface area contributed by atoms with Gasteiger partial charge in [0.2, 0.25) is 0 Å². The lowest BCUT2D eigenvalue weighted by molar-refractivity contribution is -0.159. The number of nitrogens with zero attached hydrogens (tertiary/aromatic N) is 1. The van der Waals surface area contributed by atoms with E-state index in [-0.39, 0.29) is 25.0 Å². The Bertz CT molecular complexity index is 336. The largest absolute Gasteiger partial charge is 0.459 e. The Hall–Kier alpha value is -1.10. The highest BCUT2D eigenvalue weighted by Gasteiger charge is 2.23. The summed E-state index contributed by atoms with van der Waals surface area (Å²) in [4.78, 5) is 25.8. The molecule has 0 amide bonds. The first-order chi connectivity index (χ1) is 10.4. The monoisotopic (exact) mass is 329 g/mol. The Morgan fingerprint density at radius 3 is 1.57 bits per heavy atom. The summed E-state index contributed by atoms with van der Waals surface area (Å²) in [5.74, 6) is -0.617. The fourth-order valence-corrected chi connectivity index (χ4v) is 2.09. The molecule has 0 aliphatic heterocycles. The molecule has 0 N–H and O–H groups in total. The van der Waals surface area contributed by atoms with Crippen molar-refractivity contribution in [3.8, 4) is 0 Å². The normalized spacial score (nSPS) is 12.3. The van der Waals surface area contributed by atoms with Crippen molar-refractivity contribution in [2.45, 2.75) is 85.4 Å². The van der Waals surface area contributed by atoms with Gasteiger partial charge in [-0.05, 0) is 54.5 Å². The molecule has 5 heteroatoms. The van der Waals surface area contributed by atoms with E-state index in [1.807, 2.05) is 46.4 Å². The van der Waals surface area contributed by atoms with Gasteiger partial charge in [-0.2, -0.15) is 0 Å². The molecule has 0 fully saturated rings. The fourth-order valence-electron chi connectivity index (χ4n) is 2.09. The van der Waals surface area contributed by atoms with Crippen molar-refractivity contribution in [3.05, 3.63) is 0 Å². The highest BCUT2D eigenvalue weighted by Crippen LogP contribution is 2.10. The molecule has 0 saturated carbocycles. The number of unbranched alkanes of at least 4 members (excludes halogenated alkanes) is 3. The maximum Gasteiger partial charge on any atom is 0.320 e. The van der Waals surface area contributed by atoms with E-state index in [0.717, 1.165) is 25.7 Å². The Morgan fingerprint density at radius 2 is 1.22 bits per heavy atom. The van der Waals surface area contributed by atoms with Gasteiger partial charge in [-0.3, -0.25) is 14.5 Å². The van der Waals surface area contributed by atoms with Crippen molar-refractivity contribution >= 4 is 11.9 Å². The van der Waals surface area contributed by atoms with Crippen LogP contribution < -0.4 is 0 Å². The molecule has 0 unspecified atom stereocenters. The van der Waals surface area contributed by atoms with Crippen LogP contribution in [0.3, 0.4) is 0 Å². The molecule has 0 aromatic rings. The Kier molecular flexibility index (Phi) is 9.44. The van der Waals surface area contributed by atoms with Crippen LogP contribution in [0.2, 0.25) is 0 Å². The third-order valence-electron chi connectivity index (χ3n) is 2.87. The summed E-state index contributed by atoms with van der Waals surface area (Å²) in [7, 11) is 0. The molecule has 0 aliphatic carbocycles. The third kappa shape index (κ3) is 14.2. The van der Waals surface area contributed by atoms with Crippen LogP contribution >= 0.6 is 0 Å². The minimum absolute atomic E-state index is 0.114. The molecule has 0 atom stereocenters. The lowest BCUT2D eigenvalue weighted by Gasteiger charge is -2.26. The van der Waals surface area contributed by atoms with Gasteiger partial charge < -0.3 is 9.47 Å². The zero-order chi connectivity index (χ0) is 18.1. The van der Waals surface area contributed by atoms with Gasteiger partial charge in [-0.25, -0.2) is 0 Å². The van der Waals surface area contributed by atoms with Gasteiger partial charge in [0.15, 0.2) is 0 Å². The van der Waals surface area contributed by atoms with Crippen molar-refractivity contribution in [2.24, 2.45) is 0 Å². The fraction of sp³-hybridized carbons (Fsp3) is 0.889. The van der Waals surface area contributed by atoms with Crippen molar-refractivity contribution in [3.63, 3.8) is 0 Å². The van der Waals surface area contributed by atoms with Crippen LogP contribution in [0, 0.1) is 0 Å². The SMILES string of the molecule is CCCCCCN(CC(=O)OC(C)(C)C)CC(=O)OC(C)(C)C. The van der Waals surface area contributed by atoms with Gasteiger partial charge in [0.1, 0.15) is 11.2 Å². The highest BCUT2D eigenvalue weighted by molar-refractivity contribution is 5.75. The minimum Gasteiger partial charge on any atom is -0.459 e. The van der Waals surface area contributed by atoms with Crippen LogP contribution in [0.15, 0.2) is 0 Å². The zero-order valence-corrected chi connectivity index (χ0v) is 16.0. The minimum atomic E-state index is -0.517. The highest BCUT2D eigenvalue weighted by atomic mass is 16.6. The summed E-state index contributed by atoms with van der Waals surface area (Å²) in [5, 5.41) is 0. The summed E-state index contributed by atoms with van der Waals surface area (Å²) >= 11 is 0. The van der Waals surface area contributed by atoms with Crippen LogP contribution in [0.5, 0.6) is 0 Å². The Balaban J connectivity index is 4.55. The first-order valence-electron chi connectivity index (χ1n) is 8.59. The molecule has 0 aliphatic rings. The quantitative estimate of drug-likeness (QED) is 0.478. The van der Waals surface area contributed by atoms with E-state index in [0.29, 0.717) is 6.54 Å². The molecule has 136 valence electrons. The van der Waals surface area contributed by atoms with Crippen molar-refractivity contribution in [1.29, 1.82) is 0 Å². The second kappa shape index (κ2) is 9.91.